The van der Waals surface area contributed by atoms with Gasteiger partial charge in [-0.3, -0.25) is 9.48 Å². The van der Waals surface area contributed by atoms with Crippen LogP contribution in [0.25, 0.3) is 0 Å². The molecule has 1 aromatic heterocycles. The summed E-state index contributed by atoms with van der Waals surface area (Å²) in [6.45, 7) is 6.22. The van der Waals surface area contributed by atoms with Crippen LogP contribution in [0, 0.1) is 13.8 Å². The average Bonchev–Trinajstić information content (AvgIpc) is 2.79. The number of carbonyl (C=O) groups is 1. The molecule has 1 heterocycles. The molecule has 0 aliphatic carbocycles. The molecule has 1 N–H and O–H groups in total. The Bertz CT molecular complexity index is 680. The van der Waals surface area contributed by atoms with Crippen LogP contribution in [0.4, 0.5) is 0 Å². The Morgan fingerprint density at radius 3 is 2.52 bits per heavy atom. The number of nitrogens with zero attached hydrogens (tertiary/aromatic N) is 2. The summed E-state index contributed by atoms with van der Waals surface area (Å²) in [7, 11) is 0. The molecule has 0 unspecified atom stereocenters. The van der Waals surface area contributed by atoms with Crippen molar-refractivity contribution in [1.29, 1.82) is 0 Å². The topological polar surface area (TPSA) is 64.3 Å². The van der Waals surface area contributed by atoms with Gasteiger partial charge < -0.3 is 9.84 Å². The van der Waals surface area contributed by atoms with Crippen LogP contribution in [0.3, 0.4) is 0 Å². The number of ether oxygens (including phenoxy) is 1. The van der Waals surface area contributed by atoms with Crippen LogP contribution in [0.15, 0.2) is 28.7 Å². The molecule has 0 aliphatic heterocycles. The number of ketones is 1. The van der Waals surface area contributed by atoms with Gasteiger partial charge in [0.2, 0.25) is 0 Å². The summed E-state index contributed by atoms with van der Waals surface area (Å²) in [6, 6.07) is 6.97. The first kappa shape index (κ1) is 17.7. The highest BCUT2D eigenvalue weighted by Crippen LogP contribution is 2.20. The number of rotatable bonds is 7. The fourth-order valence-corrected chi connectivity index (χ4v) is 2.52. The van der Waals surface area contributed by atoms with E-state index in [-0.39, 0.29) is 12.4 Å². The average molecular weight is 381 g/mol. The van der Waals surface area contributed by atoms with Gasteiger partial charge >= 0.3 is 0 Å². The molecule has 5 nitrogen and oxygen atoms in total. The molecule has 23 heavy (non-hydrogen) atoms. The van der Waals surface area contributed by atoms with Gasteiger partial charge in [0.15, 0.2) is 5.78 Å². The molecule has 0 aliphatic rings. The summed E-state index contributed by atoms with van der Waals surface area (Å²) in [5, 5.41) is 14.5. The zero-order chi connectivity index (χ0) is 17.0. The number of carbonyl (C=O) groups excluding carboxylic acids is 1. The first-order valence-corrected chi connectivity index (χ1v) is 8.35. The number of halogens is 1. The third-order valence-electron chi connectivity index (χ3n) is 3.62. The van der Waals surface area contributed by atoms with Crippen LogP contribution in [-0.2, 0) is 6.54 Å². The first-order valence-electron chi connectivity index (χ1n) is 7.56. The van der Waals surface area contributed by atoms with Gasteiger partial charge in [0.05, 0.1) is 16.7 Å². The van der Waals surface area contributed by atoms with Crippen LogP contribution in [0.2, 0.25) is 0 Å². The molecule has 0 saturated heterocycles. The van der Waals surface area contributed by atoms with Gasteiger partial charge in [-0.1, -0.05) is 6.92 Å². The lowest BCUT2D eigenvalue weighted by atomic mass is 10.1. The molecule has 0 spiro atoms. The van der Waals surface area contributed by atoms with E-state index in [1.807, 2.05) is 20.8 Å². The first-order chi connectivity index (χ1) is 10.9. The highest BCUT2D eigenvalue weighted by molar-refractivity contribution is 9.10. The number of hydrogen-bond acceptors (Lipinski definition) is 4. The largest absolute Gasteiger partial charge is 0.491 e. The summed E-state index contributed by atoms with van der Waals surface area (Å²) in [4.78, 5) is 11.6. The third kappa shape index (κ3) is 4.42. The molecule has 1 atom stereocenters. The molecule has 1 aromatic carbocycles. The predicted octanol–water partition coefficient (Wildman–Crippen LogP) is 3.30. The van der Waals surface area contributed by atoms with Gasteiger partial charge in [0.25, 0.3) is 0 Å². The lowest BCUT2D eigenvalue weighted by Crippen LogP contribution is -2.24. The molecule has 0 saturated carbocycles. The highest BCUT2D eigenvalue weighted by Gasteiger charge is 2.13. The van der Waals surface area contributed by atoms with E-state index in [1.165, 1.54) is 0 Å². The molecule has 2 aromatic rings. The van der Waals surface area contributed by atoms with E-state index >= 15 is 0 Å². The molecule has 0 radical (unpaired) electrons. The van der Waals surface area contributed by atoms with Crippen LogP contribution in [0.5, 0.6) is 5.75 Å². The quantitative estimate of drug-likeness (QED) is 0.748. The Morgan fingerprint density at radius 2 is 2.00 bits per heavy atom. The maximum Gasteiger partial charge on any atom is 0.162 e. The number of aromatic nitrogens is 2. The molecule has 6 heteroatoms. The zero-order valence-corrected chi connectivity index (χ0v) is 15.1. The molecule has 124 valence electrons. The second kappa shape index (κ2) is 7.75. The standard InChI is InChI=1S/C17H21BrN2O3/c1-4-16(22)13-5-7-15(8-6-13)23-10-14(21)9-20-12(3)17(18)11(2)19-20/h5-8,14,21H,4,9-10H2,1-3H3/t14-/m1/s1. The van der Waals surface area contributed by atoms with E-state index in [4.69, 9.17) is 4.74 Å². The van der Waals surface area contributed by atoms with Crippen molar-refractivity contribution in [2.75, 3.05) is 6.61 Å². The predicted molar refractivity (Wildman–Crippen MR) is 92.0 cm³/mol. The monoisotopic (exact) mass is 380 g/mol. The summed E-state index contributed by atoms with van der Waals surface area (Å²) in [5.74, 6) is 0.734. The lowest BCUT2D eigenvalue weighted by Gasteiger charge is -2.13. The highest BCUT2D eigenvalue weighted by atomic mass is 79.9. The summed E-state index contributed by atoms with van der Waals surface area (Å²) in [5.41, 5.74) is 2.55. The van der Waals surface area contributed by atoms with E-state index in [1.54, 1.807) is 28.9 Å². The van der Waals surface area contributed by atoms with Crippen LogP contribution in [-0.4, -0.2) is 33.4 Å². The summed E-state index contributed by atoms with van der Waals surface area (Å²) in [6.07, 6.45) is -0.186. The molecule has 0 bridgehead atoms. The van der Waals surface area contributed by atoms with Gasteiger partial charge in [-0.15, -0.1) is 0 Å². The van der Waals surface area contributed by atoms with Gasteiger partial charge in [-0.25, -0.2) is 0 Å². The summed E-state index contributed by atoms with van der Waals surface area (Å²) >= 11 is 3.47. The minimum atomic E-state index is -0.670. The minimum Gasteiger partial charge on any atom is -0.491 e. The van der Waals surface area contributed by atoms with E-state index in [0.29, 0.717) is 24.3 Å². The fraction of sp³-hybridized carbons (Fsp3) is 0.412. The number of hydrogen-bond donors (Lipinski definition) is 1. The van der Waals surface area contributed by atoms with Crippen molar-refractivity contribution in [2.45, 2.75) is 39.8 Å². The fourth-order valence-electron chi connectivity index (χ4n) is 2.24. The Morgan fingerprint density at radius 1 is 1.35 bits per heavy atom. The molecule has 0 fully saturated rings. The van der Waals surface area contributed by atoms with Gasteiger partial charge in [0, 0.05) is 17.7 Å². The normalized spacial score (nSPS) is 12.2. The van der Waals surface area contributed by atoms with Crippen LogP contribution < -0.4 is 4.74 Å². The van der Waals surface area contributed by atoms with Crippen molar-refractivity contribution in [3.8, 4) is 5.75 Å². The van der Waals surface area contributed by atoms with Crippen molar-refractivity contribution >= 4 is 21.7 Å². The van der Waals surface area contributed by atoms with Crippen LogP contribution in [0.1, 0.15) is 35.1 Å². The number of benzene rings is 1. The van der Waals surface area contributed by atoms with Crippen molar-refractivity contribution in [3.63, 3.8) is 0 Å². The third-order valence-corrected chi connectivity index (χ3v) is 4.76. The number of aliphatic hydroxyl groups excluding tert-OH is 1. The Hall–Kier alpha value is -1.66. The Kier molecular flexibility index (Phi) is 5.96. The number of Topliss-reactive ketones (excluding diaryl/α,β-unsaturated/α-hetero) is 1. The number of aryl methyl sites for hydroxylation is 1. The lowest BCUT2D eigenvalue weighted by molar-refractivity contribution is 0.0886. The number of aliphatic hydroxyl groups is 1. The van der Waals surface area contributed by atoms with Crippen molar-refractivity contribution in [3.05, 3.63) is 45.7 Å². The van der Waals surface area contributed by atoms with Crippen molar-refractivity contribution in [2.24, 2.45) is 0 Å². The van der Waals surface area contributed by atoms with E-state index < -0.39 is 6.10 Å². The van der Waals surface area contributed by atoms with Gasteiger partial charge in [-0.05, 0) is 54.0 Å². The van der Waals surface area contributed by atoms with E-state index in [2.05, 4.69) is 21.0 Å². The van der Waals surface area contributed by atoms with Crippen LogP contribution >= 0.6 is 15.9 Å². The molecule has 0 amide bonds. The second-order valence-corrected chi connectivity index (χ2v) is 6.23. The molecular weight excluding hydrogens is 360 g/mol. The summed E-state index contributed by atoms with van der Waals surface area (Å²) < 4.78 is 8.29. The Balaban J connectivity index is 1.90. The SMILES string of the molecule is CCC(=O)c1ccc(OC[C@H](O)Cn2nc(C)c(Br)c2C)cc1. The second-order valence-electron chi connectivity index (χ2n) is 5.43. The molecule has 2 rings (SSSR count). The Labute approximate surface area is 144 Å². The van der Waals surface area contributed by atoms with Gasteiger partial charge in [-0.2, -0.15) is 5.10 Å². The maximum absolute atomic E-state index is 11.6. The van der Waals surface area contributed by atoms with E-state index in [0.717, 1.165) is 15.9 Å². The minimum absolute atomic E-state index is 0.103. The maximum atomic E-state index is 11.6. The van der Waals surface area contributed by atoms with Crippen molar-refractivity contribution in [1.82, 2.24) is 9.78 Å². The zero-order valence-electron chi connectivity index (χ0n) is 13.5. The smallest absolute Gasteiger partial charge is 0.162 e. The van der Waals surface area contributed by atoms with Gasteiger partial charge in [0.1, 0.15) is 18.5 Å². The molecular formula is C17H21BrN2O3. The van der Waals surface area contributed by atoms with Crippen molar-refractivity contribution < 1.29 is 14.6 Å². The van der Waals surface area contributed by atoms with E-state index in [9.17, 15) is 9.90 Å².